The molecule has 0 spiro atoms. The molecule has 0 unspecified atom stereocenters. The Morgan fingerprint density at radius 3 is 2.83 bits per heavy atom. The van der Waals surface area contributed by atoms with Crippen molar-refractivity contribution in [2.45, 2.75) is 19.8 Å². The molecule has 0 fully saturated rings. The number of carbonyl (C=O) groups is 1. The van der Waals surface area contributed by atoms with Gasteiger partial charge in [-0.25, -0.2) is 4.98 Å². The highest BCUT2D eigenvalue weighted by Gasteiger charge is 2.07. The Hall–Kier alpha value is -1.67. The fourth-order valence-corrected chi connectivity index (χ4v) is 2.13. The third-order valence-corrected chi connectivity index (χ3v) is 3.16. The number of halogens is 1. The smallest absolute Gasteiger partial charge is 0.153 e. The molecule has 18 heavy (non-hydrogen) atoms. The highest BCUT2D eigenvalue weighted by molar-refractivity contribution is 6.31. The van der Waals surface area contributed by atoms with Gasteiger partial charge in [0, 0.05) is 11.8 Å². The van der Waals surface area contributed by atoms with E-state index in [1.165, 1.54) is 5.56 Å². The number of carbonyl (C=O) groups excluding carboxylic acids is 1. The zero-order valence-corrected chi connectivity index (χ0v) is 10.9. The zero-order chi connectivity index (χ0) is 13.0. The van der Waals surface area contributed by atoms with Gasteiger partial charge in [-0.2, -0.15) is 0 Å². The molecule has 0 aliphatic heterocycles. The molecule has 0 aliphatic carbocycles. The van der Waals surface area contributed by atoms with E-state index in [0.29, 0.717) is 5.56 Å². The van der Waals surface area contributed by atoms with Crippen molar-refractivity contribution in [2.75, 3.05) is 0 Å². The van der Waals surface area contributed by atoms with Crippen LogP contribution in [0.2, 0.25) is 5.15 Å². The minimum absolute atomic E-state index is 0.252. The van der Waals surface area contributed by atoms with E-state index >= 15 is 0 Å². The molecule has 92 valence electrons. The number of rotatable bonds is 4. The second-order valence-corrected chi connectivity index (χ2v) is 4.49. The lowest BCUT2D eigenvalue weighted by Gasteiger charge is -2.09. The molecule has 0 N–H and O–H groups in total. The molecule has 1 aromatic carbocycles. The lowest BCUT2D eigenvalue weighted by Crippen LogP contribution is -1.92. The van der Waals surface area contributed by atoms with Crippen LogP contribution in [0, 0.1) is 0 Å². The molecular formula is C15H14ClNO. The minimum atomic E-state index is 0.252. The molecule has 0 bridgehead atoms. The van der Waals surface area contributed by atoms with E-state index in [2.05, 4.69) is 18.0 Å². The van der Waals surface area contributed by atoms with Gasteiger partial charge in [0.15, 0.2) is 6.29 Å². The number of pyridine rings is 1. The summed E-state index contributed by atoms with van der Waals surface area (Å²) in [5.41, 5.74) is 3.75. The van der Waals surface area contributed by atoms with Crippen LogP contribution in [0.4, 0.5) is 0 Å². The van der Waals surface area contributed by atoms with Crippen LogP contribution in [0.3, 0.4) is 0 Å². The lowest BCUT2D eigenvalue weighted by atomic mass is 9.97. The van der Waals surface area contributed by atoms with Crippen molar-refractivity contribution in [1.82, 2.24) is 4.98 Å². The van der Waals surface area contributed by atoms with Gasteiger partial charge in [-0.15, -0.1) is 0 Å². The van der Waals surface area contributed by atoms with Crippen LogP contribution in [0.5, 0.6) is 0 Å². The first kappa shape index (κ1) is 12.8. The SMILES string of the molecule is CCCc1ccccc1-c1cnc(Cl)c(C=O)c1. The molecule has 2 rings (SSSR count). The number of hydrogen-bond donors (Lipinski definition) is 0. The van der Waals surface area contributed by atoms with Crippen molar-refractivity contribution in [2.24, 2.45) is 0 Å². The third kappa shape index (κ3) is 2.59. The topological polar surface area (TPSA) is 30.0 Å². The number of aromatic nitrogens is 1. The van der Waals surface area contributed by atoms with Crippen molar-refractivity contribution in [1.29, 1.82) is 0 Å². The summed E-state index contributed by atoms with van der Waals surface area (Å²) < 4.78 is 0. The van der Waals surface area contributed by atoms with E-state index in [1.54, 1.807) is 12.3 Å². The Kier molecular flexibility index (Phi) is 4.11. The van der Waals surface area contributed by atoms with E-state index in [-0.39, 0.29) is 5.15 Å². The molecule has 0 radical (unpaired) electrons. The van der Waals surface area contributed by atoms with Gasteiger partial charge in [-0.3, -0.25) is 4.79 Å². The Morgan fingerprint density at radius 1 is 1.33 bits per heavy atom. The molecule has 0 atom stereocenters. The summed E-state index contributed by atoms with van der Waals surface area (Å²) in [4.78, 5) is 15.0. The summed E-state index contributed by atoms with van der Waals surface area (Å²) in [7, 11) is 0. The van der Waals surface area contributed by atoms with Crippen LogP contribution in [0.25, 0.3) is 11.1 Å². The molecule has 1 heterocycles. The highest BCUT2D eigenvalue weighted by Crippen LogP contribution is 2.26. The Bertz CT molecular complexity index is 566. The van der Waals surface area contributed by atoms with Crippen molar-refractivity contribution in [3.63, 3.8) is 0 Å². The quantitative estimate of drug-likeness (QED) is 0.609. The normalized spacial score (nSPS) is 10.3. The van der Waals surface area contributed by atoms with E-state index < -0.39 is 0 Å². The molecule has 0 saturated carbocycles. The largest absolute Gasteiger partial charge is 0.298 e. The molecule has 2 aromatic rings. The Morgan fingerprint density at radius 2 is 2.11 bits per heavy atom. The summed E-state index contributed by atoms with van der Waals surface area (Å²) in [6.07, 6.45) is 4.54. The van der Waals surface area contributed by atoms with Gasteiger partial charge in [0.1, 0.15) is 5.15 Å². The van der Waals surface area contributed by atoms with Crippen molar-refractivity contribution >= 4 is 17.9 Å². The standard InChI is InChI=1S/C15H14ClNO/c1-2-5-11-6-3-4-7-14(11)12-8-13(10-18)15(16)17-9-12/h3-4,6-10H,2,5H2,1H3. The predicted molar refractivity (Wildman–Crippen MR) is 74.1 cm³/mol. The van der Waals surface area contributed by atoms with Crippen molar-refractivity contribution in [3.8, 4) is 11.1 Å². The molecular weight excluding hydrogens is 246 g/mol. The fourth-order valence-electron chi connectivity index (χ4n) is 1.98. The predicted octanol–water partition coefficient (Wildman–Crippen LogP) is 4.17. The number of aryl methyl sites for hydroxylation is 1. The molecule has 0 amide bonds. The first-order chi connectivity index (χ1) is 8.76. The maximum absolute atomic E-state index is 10.9. The first-order valence-corrected chi connectivity index (χ1v) is 6.33. The molecule has 2 nitrogen and oxygen atoms in total. The number of benzene rings is 1. The number of nitrogens with zero attached hydrogens (tertiary/aromatic N) is 1. The number of aldehydes is 1. The molecule has 1 aromatic heterocycles. The molecule has 0 saturated heterocycles. The maximum Gasteiger partial charge on any atom is 0.153 e. The second-order valence-electron chi connectivity index (χ2n) is 4.13. The summed E-state index contributed by atoms with van der Waals surface area (Å²) in [6.45, 7) is 2.15. The molecule has 0 aliphatic rings. The summed E-state index contributed by atoms with van der Waals surface area (Å²) >= 11 is 5.84. The van der Waals surface area contributed by atoms with Crippen molar-refractivity contribution in [3.05, 3.63) is 52.8 Å². The lowest BCUT2D eigenvalue weighted by molar-refractivity contribution is 0.112. The van der Waals surface area contributed by atoms with Crippen LogP contribution in [0.1, 0.15) is 29.3 Å². The van der Waals surface area contributed by atoms with Crippen LogP contribution in [-0.4, -0.2) is 11.3 Å². The van der Waals surface area contributed by atoms with Crippen LogP contribution >= 0.6 is 11.6 Å². The summed E-state index contributed by atoms with van der Waals surface area (Å²) in [5, 5.41) is 0.252. The van der Waals surface area contributed by atoms with Gasteiger partial charge in [0.2, 0.25) is 0 Å². The third-order valence-electron chi connectivity index (χ3n) is 2.84. The van der Waals surface area contributed by atoms with Gasteiger partial charge >= 0.3 is 0 Å². The fraction of sp³-hybridized carbons (Fsp3) is 0.200. The zero-order valence-electron chi connectivity index (χ0n) is 10.2. The van der Waals surface area contributed by atoms with Crippen LogP contribution < -0.4 is 0 Å². The van der Waals surface area contributed by atoms with Gasteiger partial charge in [0.05, 0.1) is 5.56 Å². The summed E-state index contributed by atoms with van der Waals surface area (Å²) in [5.74, 6) is 0. The van der Waals surface area contributed by atoms with E-state index in [1.807, 2.05) is 18.2 Å². The van der Waals surface area contributed by atoms with E-state index in [4.69, 9.17) is 11.6 Å². The summed E-state index contributed by atoms with van der Waals surface area (Å²) in [6, 6.07) is 9.96. The minimum Gasteiger partial charge on any atom is -0.298 e. The Labute approximate surface area is 112 Å². The van der Waals surface area contributed by atoms with Crippen LogP contribution in [0.15, 0.2) is 36.5 Å². The van der Waals surface area contributed by atoms with Crippen LogP contribution in [-0.2, 0) is 6.42 Å². The van der Waals surface area contributed by atoms with Gasteiger partial charge < -0.3 is 0 Å². The van der Waals surface area contributed by atoms with Gasteiger partial charge in [-0.05, 0) is 23.6 Å². The average Bonchev–Trinajstić information content (AvgIpc) is 2.40. The van der Waals surface area contributed by atoms with E-state index in [9.17, 15) is 4.79 Å². The van der Waals surface area contributed by atoms with Crippen molar-refractivity contribution < 1.29 is 4.79 Å². The monoisotopic (exact) mass is 259 g/mol. The molecule has 3 heteroatoms. The van der Waals surface area contributed by atoms with Gasteiger partial charge in [0.25, 0.3) is 0 Å². The van der Waals surface area contributed by atoms with E-state index in [0.717, 1.165) is 30.3 Å². The van der Waals surface area contributed by atoms with Gasteiger partial charge in [-0.1, -0.05) is 49.2 Å². The Balaban J connectivity index is 2.51. The first-order valence-electron chi connectivity index (χ1n) is 5.95. The maximum atomic E-state index is 10.9. The average molecular weight is 260 g/mol. The second kappa shape index (κ2) is 5.78. The number of hydrogen-bond acceptors (Lipinski definition) is 2. The highest BCUT2D eigenvalue weighted by atomic mass is 35.5.